The first-order valence-electron chi connectivity index (χ1n) is 6.49. The molecule has 2 rings (SSSR count). The highest BCUT2D eigenvalue weighted by Crippen LogP contribution is 2.25. The Morgan fingerprint density at radius 2 is 2.11 bits per heavy atom. The first kappa shape index (κ1) is 13.3. The molecule has 0 spiro atoms. The second kappa shape index (κ2) is 6.19. The van der Waals surface area contributed by atoms with Gasteiger partial charge in [-0.1, -0.05) is 6.07 Å². The van der Waals surface area contributed by atoms with Gasteiger partial charge in [0.1, 0.15) is 5.69 Å². The quantitative estimate of drug-likeness (QED) is 0.855. The summed E-state index contributed by atoms with van der Waals surface area (Å²) in [6.07, 6.45) is 4.26. The zero-order valence-electron chi connectivity index (χ0n) is 10.7. The fraction of sp³-hybridized carbons (Fsp3) is 0.571. The van der Waals surface area contributed by atoms with E-state index in [-0.39, 0.29) is 11.9 Å². The van der Waals surface area contributed by atoms with Crippen molar-refractivity contribution in [1.29, 1.82) is 0 Å². The number of carbonyl (C=O) groups is 1. The number of carbonyl (C=O) groups excluding carboxylic acids is 1. The number of aryl methyl sites for hydroxylation is 1. The van der Waals surface area contributed by atoms with Crippen molar-refractivity contribution >= 4 is 17.5 Å². The first-order valence-corrected chi connectivity index (χ1v) is 7.03. The van der Waals surface area contributed by atoms with Crippen LogP contribution >= 0.6 is 11.6 Å². The second-order valence-corrected chi connectivity index (χ2v) is 5.32. The number of pyridine rings is 1. The summed E-state index contributed by atoms with van der Waals surface area (Å²) in [6, 6.07) is 5.79. The molecule has 0 aliphatic heterocycles. The average molecular weight is 267 g/mol. The molecule has 1 aliphatic rings. The number of nitrogens with one attached hydrogen (secondary N) is 1. The Morgan fingerprint density at radius 3 is 2.72 bits per heavy atom. The molecular weight excluding hydrogens is 248 g/mol. The zero-order chi connectivity index (χ0) is 13.0. The van der Waals surface area contributed by atoms with Gasteiger partial charge in [0.2, 0.25) is 0 Å². The predicted molar refractivity (Wildman–Crippen MR) is 72.9 cm³/mol. The summed E-state index contributed by atoms with van der Waals surface area (Å²) in [5.41, 5.74) is 1.38. The van der Waals surface area contributed by atoms with Crippen LogP contribution in [0.2, 0.25) is 0 Å². The van der Waals surface area contributed by atoms with Crippen molar-refractivity contribution in [3.63, 3.8) is 0 Å². The van der Waals surface area contributed by atoms with Gasteiger partial charge in [-0.2, -0.15) is 0 Å². The molecule has 0 bridgehead atoms. The summed E-state index contributed by atoms with van der Waals surface area (Å²) >= 11 is 5.85. The first-order chi connectivity index (χ1) is 8.69. The van der Waals surface area contributed by atoms with Crippen LogP contribution < -0.4 is 5.32 Å². The lowest BCUT2D eigenvalue weighted by molar-refractivity contribution is 0.0918. The Hall–Kier alpha value is -1.09. The molecule has 18 heavy (non-hydrogen) atoms. The molecular formula is C14H19ClN2O. The van der Waals surface area contributed by atoms with Gasteiger partial charge in [0.05, 0.1) is 0 Å². The van der Waals surface area contributed by atoms with Gasteiger partial charge in [0, 0.05) is 17.6 Å². The van der Waals surface area contributed by atoms with Crippen LogP contribution in [0.5, 0.6) is 0 Å². The predicted octanol–water partition coefficient (Wildman–Crippen LogP) is 2.92. The normalized spacial score (nSPS) is 23.7. The van der Waals surface area contributed by atoms with E-state index in [0.717, 1.165) is 37.3 Å². The van der Waals surface area contributed by atoms with Crippen LogP contribution in [0, 0.1) is 12.8 Å². The lowest BCUT2D eigenvalue weighted by atomic mass is 9.87. The Kier molecular flexibility index (Phi) is 4.59. The van der Waals surface area contributed by atoms with Gasteiger partial charge in [0.25, 0.3) is 5.91 Å². The van der Waals surface area contributed by atoms with Crippen molar-refractivity contribution in [2.45, 2.75) is 38.6 Å². The second-order valence-electron chi connectivity index (χ2n) is 5.01. The van der Waals surface area contributed by atoms with Gasteiger partial charge in [-0.15, -0.1) is 11.6 Å². The molecule has 0 radical (unpaired) electrons. The van der Waals surface area contributed by atoms with Gasteiger partial charge in [-0.05, 0) is 50.7 Å². The maximum atomic E-state index is 12.0. The smallest absolute Gasteiger partial charge is 0.270 e. The van der Waals surface area contributed by atoms with E-state index >= 15 is 0 Å². The topological polar surface area (TPSA) is 42.0 Å². The van der Waals surface area contributed by atoms with Gasteiger partial charge >= 0.3 is 0 Å². The van der Waals surface area contributed by atoms with E-state index in [0.29, 0.717) is 11.6 Å². The van der Waals surface area contributed by atoms with Crippen molar-refractivity contribution in [2.24, 2.45) is 5.92 Å². The molecule has 1 aromatic heterocycles. The number of alkyl halides is 1. The summed E-state index contributed by atoms with van der Waals surface area (Å²) in [4.78, 5) is 16.3. The van der Waals surface area contributed by atoms with E-state index in [1.807, 2.05) is 19.1 Å². The van der Waals surface area contributed by atoms with Crippen LogP contribution in [0.25, 0.3) is 0 Å². The summed E-state index contributed by atoms with van der Waals surface area (Å²) in [5, 5.41) is 3.06. The third-order valence-corrected chi connectivity index (χ3v) is 3.96. The summed E-state index contributed by atoms with van der Waals surface area (Å²) in [7, 11) is 0. The van der Waals surface area contributed by atoms with Crippen LogP contribution in [-0.2, 0) is 0 Å². The highest BCUT2D eigenvalue weighted by Gasteiger charge is 2.22. The summed E-state index contributed by atoms with van der Waals surface area (Å²) < 4.78 is 0. The average Bonchev–Trinajstić information content (AvgIpc) is 2.39. The maximum Gasteiger partial charge on any atom is 0.270 e. The molecule has 0 saturated heterocycles. The third-order valence-electron chi connectivity index (χ3n) is 3.52. The molecule has 1 N–H and O–H groups in total. The van der Waals surface area contributed by atoms with Crippen LogP contribution in [0.15, 0.2) is 18.2 Å². The van der Waals surface area contributed by atoms with Gasteiger partial charge in [-0.3, -0.25) is 4.79 Å². The third kappa shape index (κ3) is 3.45. The minimum atomic E-state index is -0.0620. The molecule has 4 heteroatoms. The van der Waals surface area contributed by atoms with Crippen molar-refractivity contribution in [2.75, 3.05) is 5.88 Å². The molecule has 98 valence electrons. The number of halogens is 1. The standard InChI is InChI=1S/C14H19ClN2O/c1-10-3-2-4-13(16-10)14(18)17-12-7-5-11(9-15)6-8-12/h2-4,11-12H,5-9H2,1H3,(H,17,18). The van der Waals surface area contributed by atoms with Crippen molar-refractivity contribution < 1.29 is 4.79 Å². The van der Waals surface area contributed by atoms with E-state index in [1.165, 1.54) is 0 Å². The monoisotopic (exact) mass is 266 g/mol. The fourth-order valence-electron chi connectivity index (χ4n) is 2.39. The molecule has 0 atom stereocenters. The van der Waals surface area contributed by atoms with E-state index in [2.05, 4.69) is 10.3 Å². The van der Waals surface area contributed by atoms with Crippen molar-refractivity contribution in [3.8, 4) is 0 Å². The fourth-order valence-corrected chi connectivity index (χ4v) is 2.70. The number of amides is 1. The van der Waals surface area contributed by atoms with E-state index in [1.54, 1.807) is 6.07 Å². The number of aromatic nitrogens is 1. The Balaban J connectivity index is 1.89. The lowest BCUT2D eigenvalue weighted by Gasteiger charge is -2.27. The molecule has 1 heterocycles. The van der Waals surface area contributed by atoms with Gasteiger partial charge < -0.3 is 5.32 Å². The van der Waals surface area contributed by atoms with Crippen molar-refractivity contribution in [1.82, 2.24) is 10.3 Å². The minimum Gasteiger partial charge on any atom is -0.348 e. The van der Waals surface area contributed by atoms with Crippen LogP contribution in [-0.4, -0.2) is 22.8 Å². The summed E-state index contributed by atoms with van der Waals surface area (Å²) in [5.74, 6) is 1.30. The number of nitrogens with zero attached hydrogens (tertiary/aromatic N) is 1. The number of hydrogen-bond acceptors (Lipinski definition) is 2. The molecule has 1 aliphatic carbocycles. The zero-order valence-corrected chi connectivity index (χ0v) is 11.4. The summed E-state index contributed by atoms with van der Waals surface area (Å²) in [6.45, 7) is 1.89. The van der Waals surface area contributed by atoms with Crippen molar-refractivity contribution in [3.05, 3.63) is 29.6 Å². The Labute approximate surface area is 113 Å². The minimum absolute atomic E-state index is 0.0620. The molecule has 1 fully saturated rings. The number of rotatable bonds is 3. The highest BCUT2D eigenvalue weighted by molar-refractivity contribution is 6.18. The lowest BCUT2D eigenvalue weighted by Crippen LogP contribution is -2.38. The largest absolute Gasteiger partial charge is 0.348 e. The van der Waals surface area contributed by atoms with E-state index in [9.17, 15) is 4.79 Å². The Bertz CT molecular complexity index is 414. The van der Waals surface area contributed by atoms with Gasteiger partial charge in [0.15, 0.2) is 0 Å². The van der Waals surface area contributed by atoms with E-state index < -0.39 is 0 Å². The molecule has 0 aromatic carbocycles. The molecule has 0 unspecified atom stereocenters. The molecule has 3 nitrogen and oxygen atoms in total. The van der Waals surface area contributed by atoms with Crippen LogP contribution in [0.4, 0.5) is 0 Å². The SMILES string of the molecule is Cc1cccc(C(=O)NC2CCC(CCl)CC2)n1. The highest BCUT2D eigenvalue weighted by atomic mass is 35.5. The molecule has 1 amide bonds. The number of hydrogen-bond donors (Lipinski definition) is 1. The van der Waals surface area contributed by atoms with E-state index in [4.69, 9.17) is 11.6 Å². The van der Waals surface area contributed by atoms with Gasteiger partial charge in [-0.25, -0.2) is 4.98 Å². The Morgan fingerprint density at radius 1 is 1.39 bits per heavy atom. The molecule has 1 saturated carbocycles. The molecule has 1 aromatic rings. The van der Waals surface area contributed by atoms with Crippen LogP contribution in [0.1, 0.15) is 41.9 Å². The van der Waals surface area contributed by atoms with Crippen LogP contribution in [0.3, 0.4) is 0 Å². The maximum absolute atomic E-state index is 12.0.